The van der Waals surface area contributed by atoms with E-state index in [1.54, 1.807) is 19.1 Å². The maximum absolute atomic E-state index is 13.4. The van der Waals surface area contributed by atoms with Crippen LogP contribution < -0.4 is 11.3 Å². The minimum Gasteiger partial charge on any atom is -0.420 e. The number of hydrogen-bond acceptors (Lipinski definition) is 5. The second kappa shape index (κ2) is 4.92. The standard InChI is InChI=1S/C11H11FN4O2/c1-6-2-3-7(4-8(6)12)11-16-15-10(18-11)5-9(17)14-13/h2-4H,5,13H2,1H3,(H,14,17). The predicted molar refractivity (Wildman–Crippen MR) is 60.5 cm³/mol. The number of carbonyl (C=O) groups excluding carboxylic acids is 1. The summed E-state index contributed by atoms with van der Waals surface area (Å²) in [5.74, 6) is 4.42. The normalized spacial score (nSPS) is 10.4. The zero-order valence-corrected chi connectivity index (χ0v) is 9.61. The molecule has 0 saturated carbocycles. The van der Waals surface area contributed by atoms with Gasteiger partial charge in [0.25, 0.3) is 0 Å². The predicted octanol–water partition coefficient (Wildman–Crippen LogP) is 0.717. The average molecular weight is 250 g/mol. The molecule has 1 aromatic carbocycles. The number of nitrogens with zero attached hydrogens (tertiary/aromatic N) is 2. The van der Waals surface area contributed by atoms with Crippen LogP contribution in [0.4, 0.5) is 4.39 Å². The highest BCUT2D eigenvalue weighted by Crippen LogP contribution is 2.20. The topological polar surface area (TPSA) is 94.0 Å². The fraction of sp³-hybridized carbons (Fsp3) is 0.182. The van der Waals surface area contributed by atoms with Crippen molar-refractivity contribution in [2.75, 3.05) is 0 Å². The number of halogens is 1. The van der Waals surface area contributed by atoms with Crippen LogP contribution in [0, 0.1) is 12.7 Å². The van der Waals surface area contributed by atoms with E-state index in [4.69, 9.17) is 10.3 Å². The summed E-state index contributed by atoms with van der Waals surface area (Å²) in [6.07, 6.45) is -0.113. The van der Waals surface area contributed by atoms with Crippen LogP contribution in [0.15, 0.2) is 22.6 Å². The molecular formula is C11H11FN4O2. The molecule has 7 heteroatoms. The number of benzene rings is 1. The van der Waals surface area contributed by atoms with Gasteiger partial charge < -0.3 is 4.42 Å². The van der Waals surface area contributed by atoms with Gasteiger partial charge in [0.1, 0.15) is 12.2 Å². The molecule has 1 aromatic heterocycles. The Morgan fingerprint density at radius 1 is 1.50 bits per heavy atom. The number of aromatic nitrogens is 2. The molecule has 0 aliphatic carbocycles. The number of hydrazine groups is 1. The Bertz CT molecular complexity index is 582. The van der Waals surface area contributed by atoms with E-state index in [1.807, 2.05) is 5.43 Å². The number of aryl methyl sites for hydroxylation is 1. The molecule has 2 aromatic rings. The highest BCUT2D eigenvalue weighted by atomic mass is 19.1. The number of nitrogens with one attached hydrogen (secondary N) is 1. The van der Waals surface area contributed by atoms with Crippen LogP contribution in [0.2, 0.25) is 0 Å². The third-order valence-corrected chi connectivity index (χ3v) is 2.36. The Hall–Kier alpha value is -2.28. The summed E-state index contributed by atoms with van der Waals surface area (Å²) < 4.78 is 18.6. The molecule has 1 heterocycles. The van der Waals surface area contributed by atoms with Crippen molar-refractivity contribution >= 4 is 5.91 Å². The molecule has 94 valence electrons. The quantitative estimate of drug-likeness (QED) is 0.475. The molecule has 0 aliphatic rings. The van der Waals surface area contributed by atoms with Gasteiger partial charge in [-0.1, -0.05) is 6.07 Å². The summed E-state index contributed by atoms with van der Waals surface area (Å²) in [4.78, 5) is 11.0. The SMILES string of the molecule is Cc1ccc(-c2nnc(CC(=O)NN)o2)cc1F. The maximum Gasteiger partial charge on any atom is 0.247 e. The van der Waals surface area contributed by atoms with Gasteiger partial charge in [-0.3, -0.25) is 10.2 Å². The third kappa shape index (κ3) is 2.51. The molecule has 0 atom stereocenters. The number of carbonyl (C=O) groups is 1. The molecular weight excluding hydrogens is 239 g/mol. The van der Waals surface area contributed by atoms with Gasteiger partial charge in [-0.25, -0.2) is 10.2 Å². The monoisotopic (exact) mass is 250 g/mol. The summed E-state index contributed by atoms with van der Waals surface area (Å²) >= 11 is 0. The molecule has 0 bridgehead atoms. The molecule has 0 aliphatic heterocycles. The number of nitrogens with two attached hydrogens (primary N) is 1. The lowest BCUT2D eigenvalue weighted by Gasteiger charge is -1.98. The summed E-state index contributed by atoms with van der Waals surface area (Å²) in [7, 11) is 0. The highest BCUT2D eigenvalue weighted by molar-refractivity contribution is 5.76. The first kappa shape index (κ1) is 12.2. The highest BCUT2D eigenvalue weighted by Gasteiger charge is 2.12. The number of amides is 1. The van der Waals surface area contributed by atoms with E-state index in [0.29, 0.717) is 11.1 Å². The second-order valence-corrected chi connectivity index (χ2v) is 3.71. The van der Waals surface area contributed by atoms with Crippen molar-refractivity contribution in [3.05, 3.63) is 35.5 Å². The van der Waals surface area contributed by atoms with Gasteiger partial charge >= 0.3 is 0 Å². The van der Waals surface area contributed by atoms with Gasteiger partial charge in [0.2, 0.25) is 17.7 Å². The van der Waals surface area contributed by atoms with Crippen molar-refractivity contribution in [2.24, 2.45) is 5.84 Å². The van der Waals surface area contributed by atoms with Crippen LogP contribution in [0.3, 0.4) is 0 Å². The molecule has 0 saturated heterocycles. The van der Waals surface area contributed by atoms with Gasteiger partial charge in [-0.2, -0.15) is 0 Å². The van der Waals surface area contributed by atoms with Crippen molar-refractivity contribution in [1.29, 1.82) is 0 Å². The molecule has 0 fully saturated rings. The van der Waals surface area contributed by atoms with E-state index >= 15 is 0 Å². The second-order valence-electron chi connectivity index (χ2n) is 3.71. The molecule has 3 N–H and O–H groups in total. The van der Waals surface area contributed by atoms with Gasteiger partial charge in [-0.15, -0.1) is 10.2 Å². The zero-order valence-electron chi connectivity index (χ0n) is 9.61. The molecule has 6 nitrogen and oxygen atoms in total. The van der Waals surface area contributed by atoms with E-state index in [1.165, 1.54) is 6.07 Å². The smallest absolute Gasteiger partial charge is 0.247 e. The van der Waals surface area contributed by atoms with Crippen LogP contribution in [0.5, 0.6) is 0 Å². The Labute approximate surface area is 102 Å². The van der Waals surface area contributed by atoms with E-state index in [0.717, 1.165) is 0 Å². The Morgan fingerprint density at radius 2 is 2.28 bits per heavy atom. The van der Waals surface area contributed by atoms with Crippen LogP contribution in [0.25, 0.3) is 11.5 Å². The Balaban J connectivity index is 2.23. The lowest BCUT2D eigenvalue weighted by atomic mass is 10.1. The van der Waals surface area contributed by atoms with Gasteiger partial charge in [0.15, 0.2) is 0 Å². The molecule has 0 radical (unpaired) electrons. The zero-order chi connectivity index (χ0) is 13.1. The van der Waals surface area contributed by atoms with Gasteiger partial charge in [-0.05, 0) is 24.6 Å². The van der Waals surface area contributed by atoms with Gasteiger partial charge in [0, 0.05) is 5.56 Å². The lowest BCUT2D eigenvalue weighted by molar-refractivity contribution is -0.120. The Morgan fingerprint density at radius 3 is 2.94 bits per heavy atom. The first-order valence-electron chi connectivity index (χ1n) is 5.18. The third-order valence-electron chi connectivity index (χ3n) is 2.36. The molecule has 2 rings (SSSR count). The summed E-state index contributed by atoms with van der Waals surface area (Å²) in [6.45, 7) is 1.66. The fourth-order valence-corrected chi connectivity index (χ4v) is 1.36. The minimum absolute atomic E-state index is 0.113. The Kier molecular flexibility index (Phi) is 3.33. The summed E-state index contributed by atoms with van der Waals surface area (Å²) in [5.41, 5.74) is 2.94. The number of hydrogen-bond donors (Lipinski definition) is 2. The van der Waals surface area contributed by atoms with Crippen LogP contribution >= 0.6 is 0 Å². The fourth-order valence-electron chi connectivity index (χ4n) is 1.36. The minimum atomic E-state index is -0.444. The maximum atomic E-state index is 13.4. The van der Waals surface area contributed by atoms with Crippen LogP contribution in [-0.4, -0.2) is 16.1 Å². The van der Waals surface area contributed by atoms with Crippen molar-refractivity contribution in [2.45, 2.75) is 13.3 Å². The van der Waals surface area contributed by atoms with Crippen LogP contribution in [-0.2, 0) is 11.2 Å². The van der Waals surface area contributed by atoms with Crippen molar-refractivity contribution in [3.63, 3.8) is 0 Å². The molecule has 0 unspecified atom stereocenters. The van der Waals surface area contributed by atoms with E-state index < -0.39 is 5.91 Å². The summed E-state index contributed by atoms with van der Waals surface area (Å²) in [6, 6.07) is 4.58. The van der Waals surface area contributed by atoms with E-state index in [9.17, 15) is 9.18 Å². The molecule has 18 heavy (non-hydrogen) atoms. The number of rotatable bonds is 3. The van der Waals surface area contributed by atoms with E-state index in [2.05, 4.69) is 10.2 Å². The van der Waals surface area contributed by atoms with Crippen molar-refractivity contribution < 1.29 is 13.6 Å². The van der Waals surface area contributed by atoms with Crippen molar-refractivity contribution in [3.8, 4) is 11.5 Å². The lowest BCUT2D eigenvalue weighted by Crippen LogP contribution is -2.31. The van der Waals surface area contributed by atoms with Gasteiger partial charge in [0.05, 0.1) is 0 Å². The first-order valence-corrected chi connectivity index (χ1v) is 5.18. The first-order chi connectivity index (χ1) is 8.60. The van der Waals surface area contributed by atoms with Crippen molar-refractivity contribution in [1.82, 2.24) is 15.6 Å². The van der Waals surface area contributed by atoms with E-state index in [-0.39, 0.29) is 24.0 Å². The van der Waals surface area contributed by atoms with Crippen LogP contribution in [0.1, 0.15) is 11.5 Å². The molecule has 0 spiro atoms. The molecule has 1 amide bonds. The largest absolute Gasteiger partial charge is 0.420 e. The average Bonchev–Trinajstić information content (AvgIpc) is 2.81. The summed E-state index contributed by atoms with van der Waals surface area (Å²) in [5, 5.41) is 7.42.